The van der Waals surface area contributed by atoms with Crippen molar-refractivity contribution in [2.24, 2.45) is 0 Å². The maximum absolute atomic E-state index is 13.3. The zero-order valence-corrected chi connectivity index (χ0v) is 19.5. The third kappa shape index (κ3) is 5.41. The highest BCUT2D eigenvalue weighted by atomic mass is 32.1. The van der Waals surface area contributed by atoms with Gasteiger partial charge in [-0.05, 0) is 53.1 Å². The second-order valence-electron chi connectivity index (χ2n) is 8.32. The van der Waals surface area contributed by atoms with Crippen molar-refractivity contribution in [1.82, 2.24) is 10.2 Å². The Hall–Kier alpha value is -3.58. The average Bonchev–Trinajstić information content (AvgIpc) is 3.56. The van der Waals surface area contributed by atoms with E-state index in [1.54, 1.807) is 24.3 Å². The Bertz CT molecular complexity index is 1240. The topological polar surface area (TPSA) is 114 Å². The summed E-state index contributed by atoms with van der Waals surface area (Å²) < 4.78 is 13.3. The third-order valence-electron chi connectivity index (χ3n) is 6.11. The van der Waals surface area contributed by atoms with E-state index in [1.165, 1.54) is 28.4 Å². The van der Waals surface area contributed by atoms with Gasteiger partial charge >= 0.3 is 0 Å². The Labute approximate surface area is 206 Å². The number of benzene rings is 2. The minimum absolute atomic E-state index is 0.0910. The lowest BCUT2D eigenvalue weighted by Crippen LogP contribution is -2.50. The summed E-state index contributed by atoms with van der Waals surface area (Å²) in [7, 11) is 0. The van der Waals surface area contributed by atoms with Crippen LogP contribution in [-0.2, 0) is 16.1 Å². The molecule has 0 bridgehead atoms. The number of carbonyl (C=O) groups is 2. The summed E-state index contributed by atoms with van der Waals surface area (Å²) in [5.74, 6) is -1.99. The summed E-state index contributed by atoms with van der Waals surface area (Å²) >= 11 is 1.36. The van der Waals surface area contributed by atoms with Gasteiger partial charge in [-0.25, -0.2) is 4.39 Å². The van der Waals surface area contributed by atoms with E-state index >= 15 is 0 Å². The van der Waals surface area contributed by atoms with Crippen molar-refractivity contribution in [2.45, 2.75) is 37.6 Å². The molecule has 35 heavy (non-hydrogen) atoms. The number of halogens is 1. The number of rotatable bonds is 7. The molecule has 7 nitrogen and oxygen atoms in total. The second-order valence-corrected chi connectivity index (χ2v) is 9.24. The van der Waals surface area contributed by atoms with E-state index in [0.29, 0.717) is 24.3 Å². The molecule has 1 fully saturated rings. The molecule has 0 aliphatic carbocycles. The van der Waals surface area contributed by atoms with Crippen molar-refractivity contribution >= 4 is 23.2 Å². The molecule has 3 unspecified atom stereocenters. The van der Waals surface area contributed by atoms with Crippen LogP contribution in [0.3, 0.4) is 0 Å². The molecule has 2 aromatic carbocycles. The van der Waals surface area contributed by atoms with E-state index in [2.05, 4.69) is 11.4 Å². The monoisotopic (exact) mass is 493 g/mol. The number of nitriles is 1. The number of aliphatic hydroxyl groups is 2. The quantitative estimate of drug-likeness (QED) is 0.468. The number of amides is 2. The van der Waals surface area contributed by atoms with E-state index < -0.39 is 24.0 Å². The molecular formula is C26H24FN3O4S. The van der Waals surface area contributed by atoms with Gasteiger partial charge in [-0.3, -0.25) is 9.59 Å². The van der Waals surface area contributed by atoms with Gasteiger partial charge in [0.15, 0.2) is 12.2 Å². The number of nitrogens with zero attached hydrogens (tertiary/aromatic N) is 2. The van der Waals surface area contributed by atoms with Crippen LogP contribution >= 0.6 is 11.3 Å². The van der Waals surface area contributed by atoms with Gasteiger partial charge in [0.05, 0.1) is 6.04 Å². The molecule has 4 rings (SSSR count). The van der Waals surface area contributed by atoms with Gasteiger partial charge in [0.1, 0.15) is 16.8 Å². The Balaban J connectivity index is 1.34. The molecule has 0 spiro atoms. The first kappa shape index (κ1) is 24.5. The van der Waals surface area contributed by atoms with Crippen molar-refractivity contribution in [1.29, 1.82) is 5.26 Å². The van der Waals surface area contributed by atoms with Crippen molar-refractivity contribution in [3.8, 4) is 17.2 Å². The van der Waals surface area contributed by atoms with Crippen LogP contribution in [0.5, 0.6) is 0 Å². The maximum atomic E-state index is 13.3. The Morgan fingerprint density at radius 1 is 1.11 bits per heavy atom. The molecule has 9 heteroatoms. The Morgan fingerprint density at radius 2 is 1.83 bits per heavy atom. The predicted molar refractivity (Wildman–Crippen MR) is 128 cm³/mol. The summed E-state index contributed by atoms with van der Waals surface area (Å²) in [5.41, 5.74) is 3.20. The van der Waals surface area contributed by atoms with Crippen LogP contribution in [0, 0.1) is 17.1 Å². The molecule has 180 valence electrons. The molecule has 2 heterocycles. The smallest absolute Gasteiger partial charge is 0.255 e. The minimum Gasteiger partial charge on any atom is -0.380 e. The first-order chi connectivity index (χ1) is 16.9. The summed E-state index contributed by atoms with van der Waals surface area (Å²) in [6, 6.07) is 16.7. The lowest BCUT2D eigenvalue weighted by atomic mass is 10.0. The second kappa shape index (κ2) is 10.8. The van der Waals surface area contributed by atoms with Gasteiger partial charge in [-0.2, -0.15) is 5.26 Å². The number of carbonyl (C=O) groups excluding carboxylic acids is 2. The number of nitrogens with one attached hydrogen (secondary N) is 1. The minimum atomic E-state index is -1.93. The molecule has 0 radical (unpaired) electrons. The fourth-order valence-electron chi connectivity index (χ4n) is 4.23. The zero-order chi connectivity index (χ0) is 24.9. The first-order valence-corrected chi connectivity index (χ1v) is 12.0. The molecule has 3 atom stereocenters. The predicted octanol–water partition coefficient (Wildman–Crippen LogP) is 3.13. The highest BCUT2D eigenvalue weighted by molar-refractivity contribution is 7.11. The number of hydrogen-bond acceptors (Lipinski definition) is 6. The number of aliphatic hydroxyl groups excluding tert-OH is 2. The van der Waals surface area contributed by atoms with Gasteiger partial charge in [0.25, 0.3) is 11.8 Å². The van der Waals surface area contributed by atoms with Crippen LogP contribution in [-0.4, -0.2) is 45.7 Å². The third-order valence-corrected chi connectivity index (χ3v) is 6.93. The molecule has 3 aromatic rings. The van der Waals surface area contributed by atoms with Gasteiger partial charge in [-0.1, -0.05) is 36.4 Å². The Kier molecular flexibility index (Phi) is 7.56. The highest BCUT2D eigenvalue weighted by Gasteiger charge is 2.38. The molecule has 0 saturated carbocycles. The van der Waals surface area contributed by atoms with Gasteiger partial charge in [0, 0.05) is 18.7 Å². The summed E-state index contributed by atoms with van der Waals surface area (Å²) in [5, 5.41) is 34.3. The van der Waals surface area contributed by atoms with Crippen LogP contribution in [0.25, 0.3) is 11.1 Å². The largest absolute Gasteiger partial charge is 0.380 e. The van der Waals surface area contributed by atoms with Gasteiger partial charge in [0.2, 0.25) is 0 Å². The van der Waals surface area contributed by atoms with E-state index in [9.17, 15) is 29.5 Å². The van der Waals surface area contributed by atoms with Crippen LogP contribution < -0.4 is 5.32 Å². The van der Waals surface area contributed by atoms with E-state index in [-0.39, 0.29) is 18.4 Å². The molecule has 1 aliphatic rings. The highest BCUT2D eigenvalue weighted by Crippen LogP contribution is 2.33. The van der Waals surface area contributed by atoms with Gasteiger partial charge < -0.3 is 20.4 Å². The van der Waals surface area contributed by atoms with Crippen molar-refractivity contribution in [3.05, 3.63) is 81.8 Å². The van der Waals surface area contributed by atoms with Crippen LogP contribution in [0.2, 0.25) is 0 Å². The normalized spacial score (nSPS) is 17.0. The Morgan fingerprint density at radius 3 is 2.51 bits per heavy atom. The lowest BCUT2D eigenvalue weighted by Gasteiger charge is -2.28. The molecular weight excluding hydrogens is 469 g/mol. The molecule has 3 N–H and O–H groups in total. The van der Waals surface area contributed by atoms with Gasteiger partial charge in [-0.15, -0.1) is 11.3 Å². The molecule has 2 amide bonds. The van der Waals surface area contributed by atoms with Crippen molar-refractivity contribution in [3.63, 3.8) is 0 Å². The van der Waals surface area contributed by atoms with Crippen molar-refractivity contribution < 1.29 is 24.2 Å². The average molecular weight is 494 g/mol. The van der Waals surface area contributed by atoms with Crippen LogP contribution in [0.4, 0.5) is 4.39 Å². The lowest BCUT2D eigenvalue weighted by molar-refractivity contribution is -0.153. The first-order valence-electron chi connectivity index (χ1n) is 11.2. The fraction of sp³-hybridized carbons (Fsp3) is 0.269. The molecule has 1 saturated heterocycles. The molecule has 1 aromatic heterocycles. The summed E-state index contributed by atoms with van der Waals surface area (Å²) in [6.45, 7) is 0.462. The fourth-order valence-corrected chi connectivity index (χ4v) is 4.94. The number of thiophene rings is 1. The van der Waals surface area contributed by atoms with Crippen molar-refractivity contribution in [2.75, 3.05) is 6.54 Å². The van der Waals surface area contributed by atoms with E-state index in [4.69, 9.17) is 0 Å². The number of hydrogen-bond donors (Lipinski definition) is 3. The SMILES string of the molecule is N#Cc1sccc1-c1ccc(CNC(=O)C(O)C(O)C(=O)N2CCCC2c2ccc(F)cc2)cc1. The molecule has 1 aliphatic heterocycles. The van der Waals surface area contributed by atoms with Crippen LogP contribution in [0.15, 0.2) is 60.0 Å². The van der Waals surface area contributed by atoms with E-state index in [1.807, 2.05) is 23.6 Å². The van der Waals surface area contributed by atoms with Crippen LogP contribution in [0.1, 0.15) is 34.9 Å². The maximum Gasteiger partial charge on any atom is 0.255 e. The summed E-state index contributed by atoms with van der Waals surface area (Å²) in [6.07, 6.45) is -2.51. The van der Waals surface area contributed by atoms with E-state index in [0.717, 1.165) is 22.3 Å². The number of likely N-dealkylation sites (tertiary alicyclic amines) is 1. The summed E-state index contributed by atoms with van der Waals surface area (Å²) in [4.78, 5) is 27.3. The standard InChI is InChI=1S/C26H24FN3O4S/c27-19-9-7-18(8-10-19)21-2-1-12-30(21)26(34)24(32)23(31)25(33)29-15-16-3-5-17(6-4-16)20-11-13-35-22(20)14-28/h3-11,13,21,23-24,31-32H,1-2,12,15H2,(H,29,33). The zero-order valence-electron chi connectivity index (χ0n) is 18.7.